The van der Waals surface area contributed by atoms with Crippen LogP contribution in [0.25, 0.3) is 11.4 Å². The smallest absolute Gasteiger partial charge is 0.227 e. The van der Waals surface area contributed by atoms with Gasteiger partial charge in [0.05, 0.1) is 0 Å². The van der Waals surface area contributed by atoms with Gasteiger partial charge in [0, 0.05) is 36.8 Å². The highest BCUT2D eigenvalue weighted by Crippen LogP contribution is 2.44. The molecule has 120 valence electrons. The van der Waals surface area contributed by atoms with E-state index in [2.05, 4.69) is 20.4 Å². The molecule has 0 unspecified atom stereocenters. The van der Waals surface area contributed by atoms with E-state index in [-0.39, 0.29) is 5.91 Å². The number of nitrogens with zero attached hydrogens (tertiary/aromatic N) is 3. The predicted octanol–water partition coefficient (Wildman–Crippen LogP) is 2.37. The fourth-order valence-electron chi connectivity index (χ4n) is 2.98. The summed E-state index contributed by atoms with van der Waals surface area (Å²) in [5.41, 5.74) is 0.863. The summed E-state index contributed by atoms with van der Waals surface area (Å²) in [7, 11) is 0. The molecule has 2 saturated carbocycles. The average Bonchev–Trinajstić information content (AvgIpc) is 3.50. The lowest BCUT2D eigenvalue weighted by Crippen LogP contribution is -2.38. The summed E-state index contributed by atoms with van der Waals surface area (Å²) in [6, 6.07) is 4.06. The first kappa shape index (κ1) is 14.4. The summed E-state index contributed by atoms with van der Waals surface area (Å²) in [5.74, 6) is 2.57. The topological polar surface area (TPSA) is 80.9 Å². The highest BCUT2D eigenvalue weighted by Gasteiger charge is 2.42. The molecule has 6 nitrogen and oxygen atoms in total. The van der Waals surface area contributed by atoms with Gasteiger partial charge in [0.1, 0.15) is 0 Å². The van der Waals surface area contributed by atoms with E-state index >= 15 is 0 Å². The van der Waals surface area contributed by atoms with E-state index in [1.165, 1.54) is 25.7 Å². The number of pyridine rings is 1. The lowest BCUT2D eigenvalue weighted by atomic mass is 10.1. The Balaban J connectivity index is 1.30. The second-order valence-corrected chi connectivity index (χ2v) is 6.52. The Kier molecular flexibility index (Phi) is 3.81. The Hall–Kier alpha value is -2.24. The van der Waals surface area contributed by atoms with E-state index in [4.69, 9.17) is 4.52 Å². The van der Waals surface area contributed by atoms with Crippen LogP contribution in [0, 0.1) is 11.8 Å². The van der Waals surface area contributed by atoms with E-state index < -0.39 is 0 Å². The van der Waals surface area contributed by atoms with Crippen molar-refractivity contribution in [1.29, 1.82) is 0 Å². The average molecular weight is 312 g/mol. The van der Waals surface area contributed by atoms with Gasteiger partial charge in [-0.3, -0.25) is 9.78 Å². The zero-order chi connectivity index (χ0) is 15.6. The Bertz CT molecular complexity index is 665. The van der Waals surface area contributed by atoms with Gasteiger partial charge in [-0.1, -0.05) is 5.16 Å². The van der Waals surface area contributed by atoms with Gasteiger partial charge in [0.25, 0.3) is 0 Å². The van der Waals surface area contributed by atoms with Gasteiger partial charge in [0.2, 0.25) is 17.6 Å². The SMILES string of the molecule is O=C(CCc1nc(-c2ccncc2)no1)NC(C1CC1)C1CC1. The molecule has 4 rings (SSSR count). The molecule has 1 N–H and O–H groups in total. The van der Waals surface area contributed by atoms with Crippen molar-refractivity contribution in [3.8, 4) is 11.4 Å². The lowest BCUT2D eigenvalue weighted by molar-refractivity contribution is -0.122. The van der Waals surface area contributed by atoms with Gasteiger partial charge in [-0.15, -0.1) is 0 Å². The third-order valence-electron chi connectivity index (χ3n) is 4.56. The van der Waals surface area contributed by atoms with Crippen LogP contribution in [0.2, 0.25) is 0 Å². The van der Waals surface area contributed by atoms with Crippen LogP contribution in [0.4, 0.5) is 0 Å². The van der Waals surface area contributed by atoms with Crippen LogP contribution < -0.4 is 5.32 Å². The summed E-state index contributed by atoms with van der Waals surface area (Å²) in [4.78, 5) is 20.5. The number of carbonyl (C=O) groups excluding carboxylic acids is 1. The van der Waals surface area contributed by atoms with E-state index in [1.807, 2.05) is 12.1 Å². The van der Waals surface area contributed by atoms with Crippen LogP contribution in [0.5, 0.6) is 0 Å². The van der Waals surface area contributed by atoms with E-state index in [0.717, 1.165) is 5.56 Å². The molecule has 2 aromatic rings. The molecule has 0 bridgehead atoms. The van der Waals surface area contributed by atoms with Gasteiger partial charge in [-0.25, -0.2) is 0 Å². The maximum Gasteiger partial charge on any atom is 0.227 e. The molecule has 1 amide bonds. The molecule has 0 atom stereocenters. The second kappa shape index (κ2) is 6.10. The van der Waals surface area contributed by atoms with Crippen molar-refractivity contribution in [2.75, 3.05) is 0 Å². The molecule has 0 saturated heterocycles. The number of hydrogen-bond acceptors (Lipinski definition) is 5. The molecule has 2 aliphatic rings. The summed E-state index contributed by atoms with van der Waals surface area (Å²) < 4.78 is 5.23. The first-order chi connectivity index (χ1) is 11.3. The van der Waals surface area contributed by atoms with Crippen molar-refractivity contribution < 1.29 is 9.32 Å². The molecule has 23 heavy (non-hydrogen) atoms. The standard InChI is InChI=1S/C17H20N4O2/c22-14(19-16(11-1-2-11)12-3-4-12)5-6-15-20-17(21-23-15)13-7-9-18-10-8-13/h7-12,16H,1-6H2,(H,19,22). The molecular weight excluding hydrogens is 292 g/mol. The minimum absolute atomic E-state index is 0.0949. The number of nitrogens with one attached hydrogen (secondary N) is 1. The Morgan fingerprint density at radius 2 is 1.91 bits per heavy atom. The van der Waals surface area contributed by atoms with E-state index in [9.17, 15) is 4.79 Å². The van der Waals surface area contributed by atoms with Gasteiger partial charge < -0.3 is 9.84 Å². The Morgan fingerprint density at radius 1 is 1.22 bits per heavy atom. The Labute approximate surface area is 134 Å². The maximum atomic E-state index is 12.2. The van der Waals surface area contributed by atoms with Gasteiger partial charge in [-0.2, -0.15) is 4.98 Å². The van der Waals surface area contributed by atoms with Crippen molar-refractivity contribution in [2.24, 2.45) is 11.8 Å². The molecule has 2 aliphatic carbocycles. The van der Waals surface area contributed by atoms with Crippen molar-refractivity contribution in [2.45, 2.75) is 44.6 Å². The van der Waals surface area contributed by atoms with Gasteiger partial charge in [-0.05, 0) is 49.7 Å². The first-order valence-electron chi connectivity index (χ1n) is 8.32. The van der Waals surface area contributed by atoms with Crippen molar-refractivity contribution >= 4 is 5.91 Å². The summed E-state index contributed by atoms with van der Waals surface area (Å²) in [6.45, 7) is 0. The fourth-order valence-corrected chi connectivity index (χ4v) is 2.98. The van der Waals surface area contributed by atoms with Crippen LogP contribution in [-0.4, -0.2) is 27.1 Å². The van der Waals surface area contributed by atoms with Crippen LogP contribution in [-0.2, 0) is 11.2 Å². The van der Waals surface area contributed by atoms with Crippen LogP contribution in [0.1, 0.15) is 38.0 Å². The number of aryl methyl sites for hydroxylation is 1. The predicted molar refractivity (Wildman–Crippen MR) is 83.2 cm³/mol. The monoisotopic (exact) mass is 312 g/mol. The normalized spacial score (nSPS) is 17.4. The molecule has 2 fully saturated rings. The third kappa shape index (κ3) is 3.57. The van der Waals surface area contributed by atoms with Gasteiger partial charge in [0.15, 0.2) is 0 Å². The highest BCUT2D eigenvalue weighted by molar-refractivity contribution is 5.76. The number of hydrogen-bond donors (Lipinski definition) is 1. The van der Waals surface area contributed by atoms with Gasteiger partial charge >= 0.3 is 0 Å². The van der Waals surface area contributed by atoms with E-state index in [1.54, 1.807) is 12.4 Å². The van der Waals surface area contributed by atoms with Crippen LogP contribution in [0.3, 0.4) is 0 Å². The third-order valence-corrected chi connectivity index (χ3v) is 4.56. The fraction of sp³-hybridized carbons (Fsp3) is 0.529. The summed E-state index contributed by atoms with van der Waals surface area (Å²) in [6.07, 6.45) is 9.31. The second-order valence-electron chi connectivity index (χ2n) is 6.52. The molecule has 0 aromatic carbocycles. The largest absolute Gasteiger partial charge is 0.353 e. The maximum absolute atomic E-state index is 12.2. The number of amides is 1. The zero-order valence-corrected chi connectivity index (χ0v) is 12.9. The van der Waals surface area contributed by atoms with Crippen LogP contribution >= 0.6 is 0 Å². The molecule has 0 aliphatic heterocycles. The number of rotatable bonds is 7. The van der Waals surface area contributed by atoms with Crippen molar-refractivity contribution in [1.82, 2.24) is 20.4 Å². The van der Waals surface area contributed by atoms with Crippen molar-refractivity contribution in [3.63, 3.8) is 0 Å². The quantitative estimate of drug-likeness (QED) is 0.849. The summed E-state index contributed by atoms with van der Waals surface area (Å²) in [5, 5.41) is 7.17. The first-order valence-corrected chi connectivity index (χ1v) is 8.32. The minimum Gasteiger partial charge on any atom is -0.353 e. The minimum atomic E-state index is 0.0949. The zero-order valence-electron chi connectivity index (χ0n) is 12.9. The highest BCUT2D eigenvalue weighted by atomic mass is 16.5. The lowest BCUT2D eigenvalue weighted by Gasteiger charge is -2.17. The molecule has 2 heterocycles. The molecule has 0 radical (unpaired) electrons. The Morgan fingerprint density at radius 3 is 2.57 bits per heavy atom. The molecular formula is C17H20N4O2. The number of aromatic nitrogens is 3. The van der Waals surface area contributed by atoms with Crippen molar-refractivity contribution in [3.05, 3.63) is 30.4 Å². The van der Waals surface area contributed by atoms with Crippen LogP contribution in [0.15, 0.2) is 29.0 Å². The molecule has 0 spiro atoms. The number of carbonyl (C=O) groups is 1. The molecule has 6 heteroatoms. The summed E-state index contributed by atoms with van der Waals surface area (Å²) >= 11 is 0. The van der Waals surface area contributed by atoms with E-state index in [0.29, 0.717) is 42.4 Å². The molecule has 2 aromatic heterocycles.